The van der Waals surface area contributed by atoms with Crippen molar-refractivity contribution in [2.45, 2.75) is 0 Å². The Hall–Kier alpha value is -2.41. The SMILES string of the molecule is Cn1nc(C(=O)N2CCN(c3ccc(F)c(Cl)c3)CC2)ccc1=O. The third-order valence-corrected chi connectivity index (χ3v) is 4.30. The van der Waals surface area contributed by atoms with Crippen molar-refractivity contribution in [1.82, 2.24) is 14.7 Å². The smallest absolute Gasteiger partial charge is 0.274 e. The van der Waals surface area contributed by atoms with E-state index in [1.54, 1.807) is 17.0 Å². The van der Waals surface area contributed by atoms with Crippen molar-refractivity contribution in [3.05, 3.63) is 57.2 Å². The highest BCUT2D eigenvalue weighted by Crippen LogP contribution is 2.23. The Labute approximate surface area is 143 Å². The van der Waals surface area contributed by atoms with Crippen molar-refractivity contribution in [2.75, 3.05) is 31.1 Å². The molecule has 24 heavy (non-hydrogen) atoms. The second kappa shape index (κ2) is 6.60. The number of carbonyl (C=O) groups excluding carboxylic acids is 1. The summed E-state index contributed by atoms with van der Waals surface area (Å²) in [5, 5.41) is 4.07. The lowest BCUT2D eigenvalue weighted by Gasteiger charge is -2.36. The molecule has 0 saturated carbocycles. The predicted octanol–water partition coefficient (Wildman–Crippen LogP) is 1.54. The minimum atomic E-state index is -0.449. The van der Waals surface area contributed by atoms with Crippen molar-refractivity contribution in [3.8, 4) is 0 Å². The summed E-state index contributed by atoms with van der Waals surface area (Å²) < 4.78 is 14.4. The van der Waals surface area contributed by atoms with E-state index in [1.165, 1.54) is 25.2 Å². The van der Waals surface area contributed by atoms with Crippen LogP contribution in [0.5, 0.6) is 0 Å². The van der Waals surface area contributed by atoms with Gasteiger partial charge < -0.3 is 9.80 Å². The Kier molecular flexibility index (Phi) is 4.53. The number of hydrogen-bond acceptors (Lipinski definition) is 4. The quantitative estimate of drug-likeness (QED) is 0.824. The first kappa shape index (κ1) is 16.4. The van der Waals surface area contributed by atoms with Crippen LogP contribution in [0.25, 0.3) is 0 Å². The van der Waals surface area contributed by atoms with Crippen molar-refractivity contribution < 1.29 is 9.18 Å². The maximum absolute atomic E-state index is 13.2. The molecule has 6 nitrogen and oxygen atoms in total. The molecule has 0 N–H and O–H groups in total. The molecular formula is C16H16ClFN4O2. The first-order valence-electron chi connectivity index (χ1n) is 7.49. The second-order valence-electron chi connectivity index (χ2n) is 5.56. The fourth-order valence-corrected chi connectivity index (χ4v) is 2.80. The summed E-state index contributed by atoms with van der Waals surface area (Å²) in [5.74, 6) is -0.655. The average molecular weight is 351 g/mol. The number of benzene rings is 1. The van der Waals surface area contributed by atoms with Crippen LogP contribution in [-0.2, 0) is 7.05 Å². The molecule has 0 unspecified atom stereocenters. The van der Waals surface area contributed by atoms with Crippen LogP contribution >= 0.6 is 11.6 Å². The van der Waals surface area contributed by atoms with E-state index in [4.69, 9.17) is 11.6 Å². The third kappa shape index (κ3) is 3.26. The van der Waals surface area contributed by atoms with E-state index >= 15 is 0 Å². The third-order valence-electron chi connectivity index (χ3n) is 4.01. The van der Waals surface area contributed by atoms with Crippen LogP contribution in [0.2, 0.25) is 5.02 Å². The van der Waals surface area contributed by atoms with Gasteiger partial charge >= 0.3 is 0 Å². The Morgan fingerprint density at radius 1 is 1.17 bits per heavy atom. The predicted molar refractivity (Wildman–Crippen MR) is 89.0 cm³/mol. The number of carbonyl (C=O) groups is 1. The van der Waals surface area contributed by atoms with Crippen molar-refractivity contribution in [3.63, 3.8) is 0 Å². The van der Waals surface area contributed by atoms with Gasteiger partial charge in [0.2, 0.25) is 0 Å². The fraction of sp³-hybridized carbons (Fsp3) is 0.312. The molecule has 0 aliphatic carbocycles. The number of halogens is 2. The molecule has 0 radical (unpaired) electrons. The normalized spacial score (nSPS) is 14.8. The highest BCUT2D eigenvalue weighted by atomic mass is 35.5. The summed E-state index contributed by atoms with van der Waals surface area (Å²) in [6.45, 7) is 2.25. The molecule has 1 aliphatic rings. The summed E-state index contributed by atoms with van der Waals surface area (Å²) in [6, 6.07) is 7.37. The Morgan fingerprint density at radius 2 is 1.88 bits per heavy atom. The van der Waals surface area contributed by atoms with Crippen LogP contribution in [0.15, 0.2) is 35.1 Å². The van der Waals surface area contributed by atoms with Gasteiger partial charge in [0.1, 0.15) is 11.5 Å². The number of amides is 1. The van der Waals surface area contributed by atoms with E-state index in [2.05, 4.69) is 5.10 Å². The molecule has 1 aliphatic heterocycles. The summed E-state index contributed by atoms with van der Waals surface area (Å²) in [7, 11) is 1.51. The zero-order valence-electron chi connectivity index (χ0n) is 13.1. The van der Waals surface area contributed by atoms with Gasteiger partial charge in [0.25, 0.3) is 11.5 Å². The number of hydrogen-bond donors (Lipinski definition) is 0. The molecule has 1 aromatic carbocycles. The van der Waals surface area contributed by atoms with Crippen LogP contribution in [-0.4, -0.2) is 46.8 Å². The van der Waals surface area contributed by atoms with Gasteiger partial charge in [-0.1, -0.05) is 11.6 Å². The monoisotopic (exact) mass is 350 g/mol. The number of aromatic nitrogens is 2. The first-order chi connectivity index (χ1) is 11.5. The van der Waals surface area contributed by atoms with Gasteiger partial charge in [-0.25, -0.2) is 9.07 Å². The molecule has 0 bridgehead atoms. The molecule has 1 amide bonds. The number of aryl methyl sites for hydroxylation is 1. The first-order valence-corrected chi connectivity index (χ1v) is 7.87. The van der Waals surface area contributed by atoms with Crippen LogP contribution in [0.4, 0.5) is 10.1 Å². The standard InChI is InChI=1S/C16H16ClFN4O2/c1-20-15(23)5-4-14(19-20)16(24)22-8-6-21(7-9-22)11-2-3-13(18)12(17)10-11/h2-5,10H,6-9H2,1H3. The average Bonchev–Trinajstić information content (AvgIpc) is 2.59. The minimum absolute atomic E-state index is 0.0837. The maximum Gasteiger partial charge on any atom is 0.274 e. The molecular weight excluding hydrogens is 335 g/mol. The van der Waals surface area contributed by atoms with Gasteiger partial charge in [-0.2, -0.15) is 5.10 Å². The zero-order valence-corrected chi connectivity index (χ0v) is 13.8. The summed E-state index contributed by atoms with van der Waals surface area (Å²) >= 11 is 5.82. The second-order valence-corrected chi connectivity index (χ2v) is 5.97. The van der Waals surface area contributed by atoms with Gasteiger partial charge in [-0.15, -0.1) is 0 Å². The molecule has 2 heterocycles. The van der Waals surface area contributed by atoms with Gasteiger partial charge in [0.15, 0.2) is 0 Å². The van der Waals surface area contributed by atoms with Crippen molar-refractivity contribution >= 4 is 23.2 Å². The molecule has 1 fully saturated rings. The van der Waals surface area contributed by atoms with Gasteiger partial charge in [0, 0.05) is 45.0 Å². The van der Waals surface area contributed by atoms with E-state index in [0.29, 0.717) is 26.2 Å². The molecule has 8 heteroatoms. The lowest BCUT2D eigenvalue weighted by Crippen LogP contribution is -2.49. The number of piperazine rings is 1. The van der Waals surface area contributed by atoms with Crippen LogP contribution in [0.1, 0.15) is 10.5 Å². The Bertz CT molecular complexity index is 831. The molecule has 126 valence electrons. The van der Waals surface area contributed by atoms with Gasteiger partial charge in [-0.05, 0) is 24.3 Å². The van der Waals surface area contributed by atoms with E-state index in [0.717, 1.165) is 10.4 Å². The number of anilines is 1. The zero-order chi connectivity index (χ0) is 17.3. The largest absolute Gasteiger partial charge is 0.368 e. The van der Waals surface area contributed by atoms with Crippen LogP contribution < -0.4 is 10.5 Å². The molecule has 1 saturated heterocycles. The van der Waals surface area contributed by atoms with Crippen molar-refractivity contribution in [1.29, 1.82) is 0 Å². The summed E-state index contributed by atoms with van der Waals surface area (Å²) in [6.07, 6.45) is 0. The minimum Gasteiger partial charge on any atom is -0.368 e. The number of rotatable bonds is 2. The molecule has 0 atom stereocenters. The molecule has 2 aromatic rings. The van der Waals surface area contributed by atoms with Crippen LogP contribution in [0.3, 0.4) is 0 Å². The van der Waals surface area contributed by atoms with E-state index < -0.39 is 5.82 Å². The highest BCUT2D eigenvalue weighted by molar-refractivity contribution is 6.31. The Morgan fingerprint density at radius 3 is 2.50 bits per heavy atom. The van der Waals surface area contributed by atoms with Gasteiger partial charge in [-0.3, -0.25) is 9.59 Å². The molecule has 3 rings (SSSR count). The molecule has 0 spiro atoms. The lowest BCUT2D eigenvalue weighted by atomic mass is 10.2. The Balaban J connectivity index is 1.68. The summed E-state index contributed by atoms with van der Waals surface area (Å²) in [4.78, 5) is 27.6. The van der Waals surface area contributed by atoms with Crippen LogP contribution in [0, 0.1) is 5.82 Å². The van der Waals surface area contributed by atoms with E-state index in [9.17, 15) is 14.0 Å². The van der Waals surface area contributed by atoms with E-state index in [1.807, 2.05) is 4.90 Å². The lowest BCUT2D eigenvalue weighted by molar-refractivity contribution is 0.0738. The highest BCUT2D eigenvalue weighted by Gasteiger charge is 2.23. The van der Waals surface area contributed by atoms with Gasteiger partial charge in [0.05, 0.1) is 5.02 Å². The van der Waals surface area contributed by atoms with Crippen molar-refractivity contribution in [2.24, 2.45) is 7.05 Å². The summed E-state index contributed by atoms with van der Waals surface area (Å²) in [5.41, 5.74) is 0.814. The maximum atomic E-state index is 13.2. The molecule has 1 aromatic heterocycles. The topological polar surface area (TPSA) is 58.4 Å². The van der Waals surface area contributed by atoms with E-state index in [-0.39, 0.29) is 22.2 Å². The fourth-order valence-electron chi connectivity index (χ4n) is 2.63. The number of nitrogens with zero attached hydrogens (tertiary/aromatic N) is 4.